The van der Waals surface area contributed by atoms with Gasteiger partial charge in [-0.1, -0.05) is 18.2 Å². The highest BCUT2D eigenvalue weighted by Gasteiger charge is 2.33. The number of carbonyl (C=O) groups is 1. The van der Waals surface area contributed by atoms with E-state index in [1.165, 1.54) is 36.1 Å². The molecule has 4 heterocycles. The summed E-state index contributed by atoms with van der Waals surface area (Å²) in [6, 6.07) is 7.08. The van der Waals surface area contributed by atoms with Crippen LogP contribution in [0.1, 0.15) is 29.7 Å². The molecule has 1 unspecified atom stereocenters. The molecule has 0 aliphatic carbocycles. The van der Waals surface area contributed by atoms with Crippen molar-refractivity contribution in [3.63, 3.8) is 0 Å². The molecule has 2 aliphatic rings. The van der Waals surface area contributed by atoms with Crippen LogP contribution in [-0.2, 0) is 15.7 Å². The van der Waals surface area contributed by atoms with E-state index >= 15 is 0 Å². The third-order valence-corrected chi connectivity index (χ3v) is 5.54. The summed E-state index contributed by atoms with van der Waals surface area (Å²) in [5, 5.41) is 15.8. The first kappa shape index (κ1) is 27.8. The fourth-order valence-corrected chi connectivity index (χ4v) is 3.57. The van der Waals surface area contributed by atoms with E-state index in [1.807, 2.05) is 13.8 Å². The molecule has 0 spiro atoms. The lowest BCUT2D eigenvalue weighted by Gasteiger charge is -2.26. The number of nitrogens with zero attached hydrogens (tertiary/aromatic N) is 5. The Morgan fingerprint density at radius 3 is 2.51 bits per heavy atom. The van der Waals surface area contributed by atoms with Gasteiger partial charge in [-0.2, -0.15) is 18.3 Å². The molecule has 0 radical (unpaired) electrons. The number of alkyl halides is 3. The number of aryl methyl sites for hydroxylation is 2. The Labute approximate surface area is 212 Å². The van der Waals surface area contributed by atoms with Gasteiger partial charge >= 0.3 is 6.18 Å². The lowest BCUT2D eigenvalue weighted by molar-refractivity contribution is -0.137. The quantitative estimate of drug-likeness (QED) is 0.513. The van der Waals surface area contributed by atoms with Crippen LogP contribution in [-0.4, -0.2) is 63.8 Å². The third kappa shape index (κ3) is 7.14. The van der Waals surface area contributed by atoms with Gasteiger partial charge in [0.05, 0.1) is 23.1 Å². The number of imidazole rings is 1. The van der Waals surface area contributed by atoms with E-state index in [0.717, 1.165) is 30.5 Å². The highest BCUT2D eigenvalue weighted by molar-refractivity contribution is 5.74. The highest BCUT2D eigenvalue weighted by Crippen LogP contribution is 2.36. The Balaban J connectivity index is 0.000000197. The Morgan fingerprint density at radius 2 is 1.89 bits per heavy atom. The number of aliphatic hydroxyl groups is 1. The first-order valence-electron chi connectivity index (χ1n) is 11.5. The van der Waals surface area contributed by atoms with Gasteiger partial charge in [-0.05, 0) is 50.5 Å². The maximum atomic E-state index is 13.1. The maximum absolute atomic E-state index is 13.1. The zero-order chi connectivity index (χ0) is 27.0. The van der Waals surface area contributed by atoms with Crippen LogP contribution in [0.5, 0.6) is 0 Å². The minimum Gasteiger partial charge on any atom is -0.381 e. The van der Waals surface area contributed by atoms with Crippen molar-refractivity contribution in [3.05, 3.63) is 65.2 Å². The second kappa shape index (κ2) is 12.5. The van der Waals surface area contributed by atoms with Crippen LogP contribution in [0.25, 0.3) is 16.9 Å². The average molecular weight is 519 g/mol. The molecule has 1 aromatic carbocycles. The molecule has 1 atom stereocenters. The van der Waals surface area contributed by atoms with Gasteiger partial charge in [0.15, 0.2) is 5.65 Å². The molecular formula is C25H29F3N6O3. The maximum Gasteiger partial charge on any atom is 0.417 e. The molecule has 1 fully saturated rings. The van der Waals surface area contributed by atoms with Crippen molar-refractivity contribution < 1.29 is 27.8 Å². The van der Waals surface area contributed by atoms with Crippen molar-refractivity contribution in [2.24, 2.45) is 4.99 Å². The monoisotopic (exact) mass is 518 g/mol. The van der Waals surface area contributed by atoms with E-state index in [1.54, 1.807) is 36.0 Å². The second-order valence-corrected chi connectivity index (χ2v) is 8.28. The number of ether oxygens (including phenoxy) is 1. The molecule has 0 bridgehead atoms. The van der Waals surface area contributed by atoms with Crippen LogP contribution in [0.15, 0.2) is 53.4 Å². The lowest BCUT2D eigenvalue weighted by Crippen LogP contribution is -2.37. The fraction of sp³-hybridized carbons (Fsp3) is 0.360. The Kier molecular flexibility index (Phi) is 9.36. The largest absolute Gasteiger partial charge is 0.417 e. The molecule has 2 N–H and O–H groups in total. The predicted molar refractivity (Wildman–Crippen MR) is 132 cm³/mol. The molecule has 2 aliphatic heterocycles. The van der Waals surface area contributed by atoms with E-state index in [2.05, 4.69) is 20.4 Å². The first-order valence-corrected chi connectivity index (χ1v) is 11.5. The number of aliphatic imine (C=N–C) groups is 1. The molecule has 1 saturated heterocycles. The van der Waals surface area contributed by atoms with Crippen molar-refractivity contribution in [1.82, 2.24) is 24.8 Å². The number of amides is 1. The molecule has 9 nitrogen and oxygen atoms in total. The van der Waals surface area contributed by atoms with Crippen LogP contribution >= 0.6 is 0 Å². The first-order chi connectivity index (χ1) is 17.6. The predicted octanol–water partition coefficient (Wildman–Crippen LogP) is 3.69. The number of hydrogen-bond acceptors (Lipinski definition) is 7. The van der Waals surface area contributed by atoms with Crippen molar-refractivity contribution in [2.75, 3.05) is 20.3 Å². The summed E-state index contributed by atoms with van der Waals surface area (Å²) in [4.78, 5) is 19.3. The number of halogens is 3. The summed E-state index contributed by atoms with van der Waals surface area (Å²) in [5.41, 5.74) is 1.89. The summed E-state index contributed by atoms with van der Waals surface area (Å²) in [7, 11) is 1.63. The summed E-state index contributed by atoms with van der Waals surface area (Å²) in [6.45, 7) is 5.62. The number of aliphatic hydroxyl groups excluding tert-OH is 1. The minimum atomic E-state index is -4.41. The van der Waals surface area contributed by atoms with E-state index in [0.29, 0.717) is 17.9 Å². The zero-order valence-corrected chi connectivity index (χ0v) is 20.7. The van der Waals surface area contributed by atoms with Crippen molar-refractivity contribution in [1.29, 1.82) is 0 Å². The van der Waals surface area contributed by atoms with E-state index < -0.39 is 18.1 Å². The lowest BCUT2D eigenvalue weighted by atomic mass is 10.0. The Hall–Kier alpha value is -3.77. The van der Waals surface area contributed by atoms with Crippen LogP contribution in [0.4, 0.5) is 13.2 Å². The minimum absolute atomic E-state index is 0.0723. The van der Waals surface area contributed by atoms with Gasteiger partial charge in [0.25, 0.3) is 0 Å². The topological polar surface area (TPSA) is 104 Å². The normalized spacial score (nSPS) is 16.9. The number of rotatable bonds is 3. The van der Waals surface area contributed by atoms with Gasteiger partial charge in [-0.15, -0.1) is 0 Å². The molecular weight excluding hydrogens is 489 g/mol. The fourth-order valence-electron chi connectivity index (χ4n) is 3.57. The summed E-state index contributed by atoms with van der Waals surface area (Å²) in [5.74, 6) is 0.530. The SMILES string of the molecule is C1CCOC1.CN1C(NC=O)=CC=NC1O.Cc1cc(-c2ccccc2C(F)(F)F)nn2c(C)cnc12. The van der Waals surface area contributed by atoms with Crippen LogP contribution in [0.2, 0.25) is 0 Å². The van der Waals surface area contributed by atoms with Gasteiger partial charge in [0.2, 0.25) is 12.8 Å². The number of benzene rings is 1. The molecule has 198 valence electrons. The molecule has 3 aromatic rings. The summed E-state index contributed by atoms with van der Waals surface area (Å²) in [6.07, 6.45) is 2.48. The van der Waals surface area contributed by atoms with Crippen LogP contribution < -0.4 is 5.32 Å². The summed E-state index contributed by atoms with van der Waals surface area (Å²) < 4.78 is 45.9. The van der Waals surface area contributed by atoms with Gasteiger partial charge in [0, 0.05) is 32.0 Å². The third-order valence-electron chi connectivity index (χ3n) is 5.54. The van der Waals surface area contributed by atoms with E-state index in [4.69, 9.17) is 9.84 Å². The van der Waals surface area contributed by atoms with E-state index in [9.17, 15) is 18.0 Å². The van der Waals surface area contributed by atoms with Gasteiger partial charge < -0.3 is 20.1 Å². The van der Waals surface area contributed by atoms with Crippen molar-refractivity contribution in [2.45, 2.75) is 39.2 Å². The Morgan fingerprint density at radius 1 is 1.19 bits per heavy atom. The standard InChI is InChI=1S/C15H12F3N3.C6H9N3O2.C4H8O/c1-9-7-13(20-21-10(2)8-19-14(9)21)11-5-3-4-6-12(11)15(16,17)18;1-9-5(8-4-10)2-3-7-6(9)11;1-2-4-5-3-1/h3-8H,1-2H3;2-4,6,11H,1H3,(H,8,10);1-4H2. The van der Waals surface area contributed by atoms with Crippen LogP contribution in [0, 0.1) is 13.8 Å². The number of fused-ring (bicyclic) bond motifs is 1. The molecule has 12 heteroatoms. The molecule has 2 aromatic heterocycles. The van der Waals surface area contributed by atoms with Crippen LogP contribution in [0.3, 0.4) is 0 Å². The number of aromatic nitrogens is 3. The second-order valence-electron chi connectivity index (χ2n) is 8.28. The van der Waals surface area contributed by atoms with Crippen molar-refractivity contribution >= 4 is 18.3 Å². The van der Waals surface area contributed by atoms with Gasteiger partial charge in [0.1, 0.15) is 5.82 Å². The van der Waals surface area contributed by atoms with E-state index in [-0.39, 0.29) is 11.3 Å². The summed E-state index contributed by atoms with van der Waals surface area (Å²) >= 11 is 0. The average Bonchev–Trinajstić information content (AvgIpc) is 3.57. The zero-order valence-electron chi connectivity index (χ0n) is 20.7. The number of hydrogen-bond donors (Lipinski definition) is 2. The number of allylic oxidation sites excluding steroid dienone is 1. The molecule has 1 amide bonds. The number of nitrogens with one attached hydrogen (secondary N) is 1. The molecule has 0 saturated carbocycles. The smallest absolute Gasteiger partial charge is 0.381 e. The molecule has 5 rings (SSSR count). The Bertz CT molecular complexity index is 1260. The van der Waals surface area contributed by atoms with Gasteiger partial charge in [-0.3, -0.25) is 4.79 Å². The number of carbonyl (C=O) groups excluding carboxylic acids is 1. The van der Waals surface area contributed by atoms with Crippen molar-refractivity contribution in [3.8, 4) is 11.3 Å². The molecule has 37 heavy (non-hydrogen) atoms. The highest BCUT2D eigenvalue weighted by atomic mass is 19.4. The van der Waals surface area contributed by atoms with Gasteiger partial charge in [-0.25, -0.2) is 14.5 Å².